The molecule has 2 aromatic carbocycles. The van der Waals surface area contributed by atoms with Crippen molar-refractivity contribution in [2.75, 3.05) is 6.54 Å². The lowest BCUT2D eigenvalue weighted by Gasteiger charge is -2.33. The van der Waals surface area contributed by atoms with Crippen LogP contribution in [0.15, 0.2) is 42.2 Å². The quantitative estimate of drug-likeness (QED) is 0.754. The topological polar surface area (TPSA) is 49.8 Å². The number of rotatable bonds is 3. The van der Waals surface area contributed by atoms with E-state index in [1.54, 1.807) is 30.3 Å². The minimum atomic E-state index is -0.159. The number of aromatic hydroxyl groups is 1. The maximum Gasteiger partial charge on any atom is 0.231 e. The van der Waals surface area contributed by atoms with Crippen molar-refractivity contribution in [3.05, 3.63) is 63.9 Å². The Morgan fingerprint density at radius 3 is 2.74 bits per heavy atom. The summed E-state index contributed by atoms with van der Waals surface area (Å²) in [7, 11) is 0. The molecule has 1 N–H and O–H groups in total. The number of benzene rings is 2. The van der Waals surface area contributed by atoms with Crippen LogP contribution in [0.2, 0.25) is 5.02 Å². The molecular formula is C22H22ClNO3. The lowest BCUT2D eigenvalue weighted by Crippen LogP contribution is -2.36. The first-order valence-electron chi connectivity index (χ1n) is 9.31. The molecule has 2 aliphatic rings. The summed E-state index contributed by atoms with van der Waals surface area (Å²) in [6.07, 6.45) is 5.25. The number of ether oxygens (including phenoxy) is 1. The fraction of sp³-hybridized carbons (Fsp3) is 0.318. The van der Waals surface area contributed by atoms with Gasteiger partial charge < -0.3 is 9.84 Å². The van der Waals surface area contributed by atoms with E-state index in [1.165, 1.54) is 6.42 Å². The molecule has 1 fully saturated rings. The number of hydrogen-bond acceptors (Lipinski definition) is 4. The highest BCUT2D eigenvalue weighted by molar-refractivity contribution is 6.30. The van der Waals surface area contributed by atoms with Gasteiger partial charge in [0.15, 0.2) is 5.76 Å². The Labute approximate surface area is 164 Å². The lowest BCUT2D eigenvalue weighted by atomic mass is 10.0. The van der Waals surface area contributed by atoms with Gasteiger partial charge >= 0.3 is 0 Å². The highest BCUT2D eigenvalue weighted by atomic mass is 35.5. The first-order valence-corrected chi connectivity index (χ1v) is 9.69. The Kier molecular flexibility index (Phi) is 4.94. The van der Waals surface area contributed by atoms with Crippen molar-refractivity contribution in [3.8, 4) is 11.5 Å². The molecule has 4 rings (SSSR count). The second-order valence-electron chi connectivity index (χ2n) is 7.25. The third kappa shape index (κ3) is 3.60. The number of halogens is 1. The van der Waals surface area contributed by atoms with E-state index in [1.807, 2.05) is 12.1 Å². The van der Waals surface area contributed by atoms with Gasteiger partial charge in [-0.1, -0.05) is 30.2 Å². The van der Waals surface area contributed by atoms with Gasteiger partial charge in [-0.05, 0) is 62.2 Å². The molecule has 4 nitrogen and oxygen atoms in total. The average Bonchev–Trinajstić information content (AvgIpc) is 2.97. The van der Waals surface area contributed by atoms with E-state index in [2.05, 4.69) is 11.8 Å². The molecule has 0 radical (unpaired) electrons. The number of Topliss-reactive ketones (excluding diaryl/α,β-unsaturated/α-hetero) is 1. The number of fused-ring (bicyclic) bond motifs is 1. The third-order valence-electron chi connectivity index (χ3n) is 5.39. The van der Waals surface area contributed by atoms with Crippen molar-refractivity contribution in [1.82, 2.24) is 4.90 Å². The number of phenols is 1. The van der Waals surface area contributed by atoms with E-state index in [0.717, 1.165) is 24.9 Å². The zero-order valence-electron chi connectivity index (χ0n) is 15.2. The molecule has 0 saturated carbocycles. The minimum absolute atomic E-state index is 0.159. The molecule has 1 atom stereocenters. The number of ketones is 1. The third-order valence-corrected chi connectivity index (χ3v) is 5.64. The van der Waals surface area contributed by atoms with Crippen molar-refractivity contribution in [3.63, 3.8) is 0 Å². The summed E-state index contributed by atoms with van der Waals surface area (Å²) >= 11 is 5.92. The van der Waals surface area contributed by atoms with Crippen molar-refractivity contribution < 1.29 is 14.6 Å². The van der Waals surface area contributed by atoms with E-state index in [-0.39, 0.29) is 17.3 Å². The molecule has 1 unspecified atom stereocenters. The Hall–Kier alpha value is -2.30. The molecule has 2 aromatic rings. The molecule has 140 valence electrons. The number of allylic oxidation sites excluding steroid dienone is 1. The Balaban J connectivity index is 1.65. The van der Waals surface area contributed by atoms with Crippen LogP contribution in [0.1, 0.15) is 47.7 Å². The summed E-state index contributed by atoms with van der Waals surface area (Å²) in [5.41, 5.74) is 2.03. The van der Waals surface area contributed by atoms with Crippen LogP contribution in [0.25, 0.3) is 6.08 Å². The first kappa shape index (κ1) is 18.1. The number of likely N-dealkylation sites (tertiary alicyclic amines) is 1. The molecule has 0 spiro atoms. The molecular weight excluding hydrogens is 362 g/mol. The maximum absolute atomic E-state index is 12.8. The van der Waals surface area contributed by atoms with Crippen LogP contribution in [0.4, 0.5) is 0 Å². The summed E-state index contributed by atoms with van der Waals surface area (Å²) in [4.78, 5) is 15.1. The number of nitrogens with zero attached hydrogens (tertiary/aromatic N) is 1. The van der Waals surface area contributed by atoms with E-state index >= 15 is 0 Å². The van der Waals surface area contributed by atoms with Crippen molar-refractivity contribution in [1.29, 1.82) is 0 Å². The van der Waals surface area contributed by atoms with Crippen LogP contribution in [0.3, 0.4) is 0 Å². The van der Waals surface area contributed by atoms with Crippen LogP contribution >= 0.6 is 11.6 Å². The summed E-state index contributed by atoms with van der Waals surface area (Å²) < 4.78 is 5.93. The monoisotopic (exact) mass is 383 g/mol. The summed E-state index contributed by atoms with van der Waals surface area (Å²) in [5.74, 6) is 0.767. The molecule has 1 saturated heterocycles. The van der Waals surface area contributed by atoms with Gasteiger partial charge in [0, 0.05) is 17.6 Å². The number of carbonyl (C=O) groups is 1. The fourth-order valence-electron chi connectivity index (χ4n) is 3.76. The normalized spacial score (nSPS) is 21.3. The van der Waals surface area contributed by atoms with E-state index in [0.29, 0.717) is 34.5 Å². The maximum atomic E-state index is 12.8. The van der Waals surface area contributed by atoms with Crippen molar-refractivity contribution >= 4 is 23.5 Å². The average molecular weight is 384 g/mol. The predicted octanol–water partition coefficient (Wildman–Crippen LogP) is 5.04. The smallest absolute Gasteiger partial charge is 0.231 e. The largest absolute Gasteiger partial charge is 0.507 e. The molecule has 0 amide bonds. The predicted molar refractivity (Wildman–Crippen MR) is 106 cm³/mol. The van der Waals surface area contributed by atoms with Crippen LogP contribution < -0.4 is 4.74 Å². The van der Waals surface area contributed by atoms with Gasteiger partial charge in [-0.25, -0.2) is 0 Å². The Morgan fingerprint density at radius 2 is 2.00 bits per heavy atom. The van der Waals surface area contributed by atoms with Gasteiger partial charge in [-0.3, -0.25) is 9.69 Å². The van der Waals surface area contributed by atoms with Gasteiger partial charge in [0.05, 0.1) is 11.1 Å². The highest BCUT2D eigenvalue weighted by Gasteiger charge is 2.32. The second kappa shape index (κ2) is 7.37. The fourth-order valence-corrected chi connectivity index (χ4v) is 3.88. The second-order valence-corrected chi connectivity index (χ2v) is 7.68. The molecule has 0 aliphatic carbocycles. The lowest BCUT2D eigenvalue weighted by molar-refractivity contribution is 0.101. The molecule has 5 heteroatoms. The van der Waals surface area contributed by atoms with Crippen LogP contribution in [0, 0.1) is 0 Å². The van der Waals surface area contributed by atoms with Crippen LogP contribution in [-0.2, 0) is 6.54 Å². The number of hydrogen-bond donors (Lipinski definition) is 1. The van der Waals surface area contributed by atoms with E-state index < -0.39 is 0 Å². The van der Waals surface area contributed by atoms with E-state index in [9.17, 15) is 9.90 Å². The number of carbonyl (C=O) groups excluding carboxylic acids is 1. The van der Waals surface area contributed by atoms with Gasteiger partial charge in [-0.15, -0.1) is 0 Å². The zero-order valence-corrected chi connectivity index (χ0v) is 16.0. The molecule has 27 heavy (non-hydrogen) atoms. The van der Waals surface area contributed by atoms with Crippen LogP contribution in [-0.4, -0.2) is 28.4 Å². The Bertz CT molecular complexity index is 905. The van der Waals surface area contributed by atoms with Gasteiger partial charge in [0.25, 0.3) is 0 Å². The summed E-state index contributed by atoms with van der Waals surface area (Å²) in [6.45, 7) is 3.78. The SMILES string of the molecule is CC1CCCCN1Cc1c(O)ccc2c1O/C(=C\c1ccc(Cl)cc1)C2=O. The van der Waals surface area contributed by atoms with Gasteiger partial charge in [-0.2, -0.15) is 0 Å². The zero-order chi connectivity index (χ0) is 19.0. The number of phenolic OH excluding ortho intramolecular Hbond substituents is 1. The molecule has 0 bridgehead atoms. The van der Waals surface area contributed by atoms with Crippen molar-refractivity contribution in [2.45, 2.75) is 38.8 Å². The molecule has 0 aromatic heterocycles. The van der Waals surface area contributed by atoms with Crippen LogP contribution in [0.5, 0.6) is 11.5 Å². The Morgan fingerprint density at radius 1 is 1.22 bits per heavy atom. The van der Waals surface area contributed by atoms with E-state index in [4.69, 9.17) is 16.3 Å². The minimum Gasteiger partial charge on any atom is -0.507 e. The highest BCUT2D eigenvalue weighted by Crippen LogP contribution is 2.40. The standard InChI is InChI=1S/C22H22ClNO3/c1-14-4-2-3-11-24(14)13-18-19(25)10-9-17-21(26)20(27-22(17)18)12-15-5-7-16(23)8-6-15/h5-10,12,14,25H,2-4,11,13H2,1H3/b20-12-. The molecule has 2 aliphatic heterocycles. The first-order chi connectivity index (χ1) is 13.0. The van der Waals surface area contributed by atoms with Crippen molar-refractivity contribution in [2.24, 2.45) is 0 Å². The molecule has 2 heterocycles. The number of piperidine rings is 1. The van der Waals surface area contributed by atoms with Gasteiger partial charge in [0.1, 0.15) is 11.5 Å². The summed E-state index contributed by atoms with van der Waals surface area (Å²) in [5, 5.41) is 11.1. The van der Waals surface area contributed by atoms with Gasteiger partial charge in [0.2, 0.25) is 5.78 Å². The summed E-state index contributed by atoms with van der Waals surface area (Å²) in [6, 6.07) is 10.9.